The maximum absolute atomic E-state index is 11.9. The number of carbonyl (C=O) groups is 1. The van der Waals surface area contributed by atoms with Crippen molar-refractivity contribution in [2.75, 3.05) is 0 Å². The fourth-order valence-corrected chi connectivity index (χ4v) is 3.46. The van der Waals surface area contributed by atoms with Crippen LogP contribution in [0.2, 0.25) is 0 Å². The smallest absolute Gasteiger partial charge is 0.140 e. The molecule has 0 aliphatic heterocycles. The molecule has 0 radical (unpaired) electrons. The fourth-order valence-electron chi connectivity index (χ4n) is 3.46. The molecule has 1 saturated carbocycles. The van der Waals surface area contributed by atoms with Crippen LogP contribution in [0.4, 0.5) is 0 Å². The summed E-state index contributed by atoms with van der Waals surface area (Å²) in [5.74, 6) is 1.29. The molecule has 0 N–H and O–H groups in total. The zero-order valence-electron chi connectivity index (χ0n) is 11.0. The number of fused-ring (bicyclic) bond motifs is 1. The third-order valence-corrected chi connectivity index (χ3v) is 4.36. The zero-order valence-corrected chi connectivity index (χ0v) is 11.0. The third-order valence-electron chi connectivity index (χ3n) is 4.36. The van der Waals surface area contributed by atoms with E-state index in [4.69, 9.17) is 0 Å². The first-order valence-electron chi connectivity index (χ1n) is 7.17. The minimum atomic E-state index is 0.238. The minimum Gasteiger partial charge on any atom is -0.299 e. The number of ketones is 1. The Morgan fingerprint density at radius 2 is 2.18 bits per heavy atom. The Bertz CT molecular complexity index is 337. The van der Waals surface area contributed by atoms with Gasteiger partial charge in [0.05, 0.1) is 0 Å². The lowest BCUT2D eigenvalue weighted by atomic mass is 9.59. The first-order valence-corrected chi connectivity index (χ1v) is 7.17. The second kappa shape index (κ2) is 5.66. The molecule has 2 atom stereocenters. The van der Waals surface area contributed by atoms with Gasteiger partial charge in [-0.05, 0) is 37.2 Å². The quantitative estimate of drug-likeness (QED) is 0.619. The molecule has 17 heavy (non-hydrogen) atoms. The van der Waals surface area contributed by atoms with Crippen molar-refractivity contribution < 1.29 is 4.79 Å². The van der Waals surface area contributed by atoms with E-state index in [0.717, 1.165) is 12.8 Å². The summed E-state index contributed by atoms with van der Waals surface area (Å²) >= 11 is 0. The van der Waals surface area contributed by atoms with E-state index in [1.807, 2.05) is 6.08 Å². The standard InChI is InChI=1S/C16H24O/c1-3-5-6-7-9-13-12(4-2)16-14(13)10-8-11-15(16)17/h4,14,16H,2-3,5-11H2,1H3/t14-,16+/m0/s1. The van der Waals surface area contributed by atoms with Gasteiger partial charge in [-0.2, -0.15) is 0 Å². The van der Waals surface area contributed by atoms with Gasteiger partial charge in [0.15, 0.2) is 0 Å². The molecule has 2 aliphatic rings. The SMILES string of the molecule is C=CC1=C(CCCCCC)[C@@H]2CCCC(=O)[C@H]12. The van der Waals surface area contributed by atoms with Gasteiger partial charge < -0.3 is 0 Å². The largest absolute Gasteiger partial charge is 0.299 e. The zero-order chi connectivity index (χ0) is 12.3. The van der Waals surface area contributed by atoms with E-state index in [-0.39, 0.29) is 5.92 Å². The molecule has 2 rings (SSSR count). The molecule has 1 nitrogen and oxygen atoms in total. The summed E-state index contributed by atoms with van der Waals surface area (Å²) in [5, 5.41) is 0. The average Bonchev–Trinajstić information content (AvgIpc) is 2.31. The van der Waals surface area contributed by atoms with Crippen LogP contribution in [-0.2, 0) is 4.79 Å². The fraction of sp³-hybridized carbons (Fsp3) is 0.688. The Labute approximate surface area is 105 Å². The Morgan fingerprint density at radius 3 is 2.88 bits per heavy atom. The summed E-state index contributed by atoms with van der Waals surface area (Å²) in [6, 6.07) is 0. The molecule has 94 valence electrons. The van der Waals surface area contributed by atoms with Gasteiger partial charge >= 0.3 is 0 Å². The second-order valence-corrected chi connectivity index (χ2v) is 5.44. The molecule has 0 saturated heterocycles. The summed E-state index contributed by atoms with van der Waals surface area (Å²) < 4.78 is 0. The van der Waals surface area contributed by atoms with Crippen LogP contribution in [0.1, 0.15) is 58.3 Å². The lowest BCUT2D eigenvalue weighted by Gasteiger charge is -2.43. The summed E-state index contributed by atoms with van der Waals surface area (Å²) in [6.07, 6.45) is 11.5. The highest BCUT2D eigenvalue weighted by molar-refractivity contribution is 5.88. The summed E-state index contributed by atoms with van der Waals surface area (Å²) in [7, 11) is 0. The molecular formula is C16H24O. The lowest BCUT2D eigenvalue weighted by Crippen LogP contribution is -2.39. The monoisotopic (exact) mass is 232 g/mol. The normalized spacial score (nSPS) is 27.7. The number of hydrogen-bond acceptors (Lipinski definition) is 1. The third kappa shape index (κ3) is 2.38. The van der Waals surface area contributed by atoms with E-state index in [2.05, 4.69) is 13.5 Å². The summed E-state index contributed by atoms with van der Waals surface area (Å²) in [4.78, 5) is 11.9. The molecule has 0 bridgehead atoms. The number of unbranched alkanes of at least 4 members (excludes halogenated alkanes) is 3. The van der Waals surface area contributed by atoms with Crippen LogP contribution in [-0.4, -0.2) is 5.78 Å². The van der Waals surface area contributed by atoms with Gasteiger partial charge in [0.2, 0.25) is 0 Å². The number of carbonyl (C=O) groups excluding carboxylic acids is 1. The lowest BCUT2D eigenvalue weighted by molar-refractivity contribution is -0.125. The highest BCUT2D eigenvalue weighted by Crippen LogP contribution is 2.50. The topological polar surface area (TPSA) is 17.1 Å². The van der Waals surface area contributed by atoms with Crippen LogP contribution >= 0.6 is 0 Å². The van der Waals surface area contributed by atoms with Crippen LogP contribution in [0.15, 0.2) is 23.8 Å². The minimum absolute atomic E-state index is 0.238. The van der Waals surface area contributed by atoms with Crippen LogP contribution < -0.4 is 0 Å². The maximum atomic E-state index is 11.9. The van der Waals surface area contributed by atoms with E-state index in [1.54, 1.807) is 5.57 Å². The summed E-state index contributed by atoms with van der Waals surface area (Å²) in [6.45, 7) is 6.14. The Hall–Kier alpha value is -0.850. The molecule has 0 spiro atoms. The van der Waals surface area contributed by atoms with E-state index in [0.29, 0.717) is 11.7 Å². The Kier molecular flexibility index (Phi) is 4.20. The van der Waals surface area contributed by atoms with Crippen LogP contribution in [0.3, 0.4) is 0 Å². The first kappa shape index (κ1) is 12.6. The average molecular weight is 232 g/mol. The predicted octanol–water partition coefficient (Wildman–Crippen LogP) is 4.44. The molecular weight excluding hydrogens is 208 g/mol. The predicted molar refractivity (Wildman–Crippen MR) is 71.8 cm³/mol. The molecule has 0 unspecified atom stereocenters. The molecule has 2 aliphatic carbocycles. The van der Waals surface area contributed by atoms with Crippen molar-refractivity contribution in [1.82, 2.24) is 0 Å². The number of rotatable bonds is 6. The molecule has 0 aromatic rings. The number of hydrogen-bond donors (Lipinski definition) is 0. The summed E-state index contributed by atoms with van der Waals surface area (Å²) in [5.41, 5.74) is 2.85. The Morgan fingerprint density at radius 1 is 1.35 bits per heavy atom. The maximum Gasteiger partial charge on any atom is 0.140 e. The second-order valence-electron chi connectivity index (χ2n) is 5.44. The van der Waals surface area contributed by atoms with Crippen LogP contribution in [0.25, 0.3) is 0 Å². The van der Waals surface area contributed by atoms with Gasteiger partial charge in [-0.25, -0.2) is 0 Å². The van der Waals surface area contributed by atoms with E-state index in [1.165, 1.54) is 44.1 Å². The van der Waals surface area contributed by atoms with Crippen molar-refractivity contribution in [2.45, 2.75) is 58.3 Å². The number of allylic oxidation sites excluding steroid dienone is 3. The van der Waals surface area contributed by atoms with Gasteiger partial charge in [0.25, 0.3) is 0 Å². The van der Waals surface area contributed by atoms with E-state index in [9.17, 15) is 4.79 Å². The highest BCUT2D eigenvalue weighted by Gasteiger charge is 2.44. The number of Topliss-reactive ketones (excluding diaryl/α,β-unsaturated/α-hetero) is 1. The molecule has 1 fully saturated rings. The van der Waals surface area contributed by atoms with Crippen molar-refractivity contribution in [3.63, 3.8) is 0 Å². The molecule has 0 heterocycles. The molecule has 0 amide bonds. The van der Waals surface area contributed by atoms with Gasteiger partial charge in [-0.1, -0.05) is 44.4 Å². The highest BCUT2D eigenvalue weighted by atomic mass is 16.1. The molecule has 0 aromatic carbocycles. The van der Waals surface area contributed by atoms with Gasteiger partial charge in [0.1, 0.15) is 5.78 Å². The van der Waals surface area contributed by atoms with E-state index >= 15 is 0 Å². The van der Waals surface area contributed by atoms with Gasteiger partial charge in [0, 0.05) is 12.3 Å². The molecule has 1 heteroatoms. The van der Waals surface area contributed by atoms with Crippen molar-refractivity contribution >= 4 is 5.78 Å². The van der Waals surface area contributed by atoms with Crippen molar-refractivity contribution in [3.8, 4) is 0 Å². The van der Waals surface area contributed by atoms with E-state index < -0.39 is 0 Å². The van der Waals surface area contributed by atoms with Gasteiger partial charge in [-0.15, -0.1) is 0 Å². The van der Waals surface area contributed by atoms with Gasteiger partial charge in [-0.3, -0.25) is 4.79 Å². The van der Waals surface area contributed by atoms with Crippen molar-refractivity contribution in [1.29, 1.82) is 0 Å². The van der Waals surface area contributed by atoms with Crippen LogP contribution in [0.5, 0.6) is 0 Å². The first-order chi connectivity index (χ1) is 8.29. The van der Waals surface area contributed by atoms with Crippen molar-refractivity contribution in [3.05, 3.63) is 23.8 Å². The molecule has 0 aromatic heterocycles. The Balaban J connectivity index is 1.97. The van der Waals surface area contributed by atoms with Crippen molar-refractivity contribution in [2.24, 2.45) is 11.8 Å². The van der Waals surface area contributed by atoms with Crippen LogP contribution in [0, 0.1) is 11.8 Å².